The van der Waals surface area contributed by atoms with Crippen LogP contribution < -0.4 is 0 Å². The Bertz CT molecular complexity index is 1050. The largest absolute Gasteiger partial charge is 0.508 e. The van der Waals surface area contributed by atoms with Crippen molar-refractivity contribution in [2.75, 3.05) is 20.3 Å². The lowest BCUT2D eigenvalue weighted by atomic mass is 9.68. The van der Waals surface area contributed by atoms with Crippen molar-refractivity contribution in [1.82, 2.24) is 4.90 Å². The number of nitrogens with zero attached hydrogens (tertiary/aromatic N) is 1. The van der Waals surface area contributed by atoms with Crippen LogP contribution >= 0.6 is 11.6 Å². The molecule has 1 aromatic rings. The second-order valence-corrected chi connectivity index (χ2v) is 8.98. The smallest absolute Gasteiger partial charge is 0.423 e. The zero-order valence-corrected chi connectivity index (χ0v) is 19.7. The number of allylic oxidation sites excluding steroid dienone is 1. The number of rotatable bonds is 7. The van der Waals surface area contributed by atoms with Crippen LogP contribution in [0.5, 0.6) is 5.75 Å². The van der Waals surface area contributed by atoms with Gasteiger partial charge in [0.25, 0.3) is 0 Å². The summed E-state index contributed by atoms with van der Waals surface area (Å²) in [5.41, 5.74) is 2.29. The first-order valence-corrected chi connectivity index (χ1v) is 11.2. The number of likely N-dealkylation sites (tertiary alicyclic amines) is 1. The number of ether oxygens (including phenoxy) is 1. The Morgan fingerprint density at radius 1 is 1.29 bits per heavy atom. The Morgan fingerprint density at radius 2 is 2.00 bits per heavy atom. The number of aromatic hydroxyl groups is 1. The molecule has 2 aliphatic rings. The van der Waals surface area contributed by atoms with Gasteiger partial charge in [0.2, 0.25) is 11.8 Å². The molecule has 4 N–H and O–H groups in total. The zero-order valence-electron chi connectivity index (χ0n) is 18.9. The molecule has 0 bridgehead atoms. The maximum atomic E-state index is 12.9. The molecule has 1 fully saturated rings. The first-order valence-electron chi connectivity index (χ1n) is 10.9. The average Bonchev–Trinajstić information content (AvgIpc) is 3.07. The summed E-state index contributed by atoms with van der Waals surface area (Å²) in [7, 11) is 1.06. The number of aliphatic hydroxyl groups is 3. The molecule has 1 heterocycles. The third kappa shape index (κ3) is 4.88. The van der Waals surface area contributed by atoms with Gasteiger partial charge in [-0.25, -0.2) is 4.79 Å². The lowest BCUT2D eigenvalue weighted by Crippen LogP contribution is -2.40. The van der Waals surface area contributed by atoms with E-state index in [4.69, 9.17) is 11.6 Å². The molecule has 1 aromatic carbocycles. The molecule has 3 amide bonds. The number of imide groups is 3. The van der Waals surface area contributed by atoms with Crippen molar-refractivity contribution in [3.05, 3.63) is 45.5 Å². The van der Waals surface area contributed by atoms with Crippen molar-refractivity contribution < 1.29 is 39.5 Å². The summed E-state index contributed by atoms with van der Waals surface area (Å²) < 4.78 is 4.55. The Morgan fingerprint density at radius 3 is 2.59 bits per heavy atom. The number of phenols is 1. The SMILES string of the molecule is COC(=O)N1C(=O)[C@@H]2[C@@H](CC(CO)=C([C@H](O)CC/C(C)=C/c3ccc(O)cc3Cl)[C@@H]2CO)C1=O. The van der Waals surface area contributed by atoms with E-state index in [0.29, 0.717) is 33.1 Å². The third-order valence-electron chi connectivity index (χ3n) is 6.49. The van der Waals surface area contributed by atoms with Gasteiger partial charge in [0, 0.05) is 5.92 Å². The second-order valence-electron chi connectivity index (χ2n) is 8.58. The Hall–Kier alpha value is -2.72. The van der Waals surface area contributed by atoms with Gasteiger partial charge in [0.1, 0.15) is 5.75 Å². The number of methoxy groups -OCH3 is 1. The van der Waals surface area contributed by atoms with Gasteiger partial charge in [-0.05, 0) is 61.1 Å². The van der Waals surface area contributed by atoms with E-state index in [1.807, 2.05) is 13.0 Å². The number of hydrogen-bond donors (Lipinski definition) is 4. The average molecular weight is 494 g/mol. The van der Waals surface area contributed by atoms with Crippen LogP contribution in [0.2, 0.25) is 5.02 Å². The molecule has 0 aromatic heterocycles. The summed E-state index contributed by atoms with van der Waals surface area (Å²) in [6.45, 7) is 0.859. The highest BCUT2D eigenvalue weighted by Gasteiger charge is 2.57. The molecule has 1 aliphatic heterocycles. The summed E-state index contributed by atoms with van der Waals surface area (Å²) in [6.07, 6.45) is 0.307. The van der Waals surface area contributed by atoms with Crippen LogP contribution in [0.1, 0.15) is 31.7 Å². The van der Waals surface area contributed by atoms with Gasteiger partial charge >= 0.3 is 6.09 Å². The van der Waals surface area contributed by atoms with Crippen molar-refractivity contribution >= 4 is 35.6 Å². The fourth-order valence-electron chi connectivity index (χ4n) is 4.87. The van der Waals surface area contributed by atoms with E-state index in [1.165, 1.54) is 12.1 Å². The standard InChI is InChI=1S/C24H28ClNO8/c1-12(7-13-4-5-15(29)9-18(13)25)3-6-19(30)20-14(10-27)8-16-21(17(20)11-28)23(32)26(22(16)31)24(33)34-2/h4-5,7,9,16-17,19,21,27-30H,3,6,8,10-11H2,1-2H3/b12-7+/t16-,17+,19-,21-/m1/s1. The van der Waals surface area contributed by atoms with E-state index < -0.39 is 55.0 Å². The van der Waals surface area contributed by atoms with E-state index in [-0.39, 0.29) is 18.6 Å². The molecule has 10 heteroatoms. The number of carbonyl (C=O) groups excluding carboxylic acids is 3. The summed E-state index contributed by atoms with van der Waals surface area (Å²) in [5, 5.41) is 40.9. The van der Waals surface area contributed by atoms with Crippen LogP contribution in [0, 0.1) is 17.8 Å². The molecule has 3 rings (SSSR count). The van der Waals surface area contributed by atoms with E-state index in [0.717, 1.165) is 12.7 Å². The predicted molar refractivity (Wildman–Crippen MR) is 123 cm³/mol. The highest BCUT2D eigenvalue weighted by molar-refractivity contribution is 6.32. The number of aliphatic hydroxyl groups excluding tert-OH is 3. The number of phenolic OH excluding ortho intramolecular Hbond substituents is 1. The van der Waals surface area contributed by atoms with Gasteiger partial charge < -0.3 is 25.2 Å². The topological polar surface area (TPSA) is 145 Å². The fraction of sp³-hybridized carbons (Fsp3) is 0.458. The minimum absolute atomic E-state index is 0.0000649. The fourth-order valence-corrected chi connectivity index (χ4v) is 5.10. The highest BCUT2D eigenvalue weighted by atomic mass is 35.5. The van der Waals surface area contributed by atoms with Gasteiger partial charge in [0.05, 0.1) is 43.3 Å². The molecule has 4 atom stereocenters. The van der Waals surface area contributed by atoms with Crippen molar-refractivity contribution in [3.8, 4) is 5.75 Å². The molecule has 0 radical (unpaired) electrons. The minimum atomic E-state index is -1.10. The molecular weight excluding hydrogens is 466 g/mol. The predicted octanol–water partition coefficient (Wildman–Crippen LogP) is 2.26. The van der Waals surface area contributed by atoms with Crippen LogP contribution in [0.15, 0.2) is 34.9 Å². The summed E-state index contributed by atoms with van der Waals surface area (Å²) in [5.74, 6) is -4.32. The number of fused-ring (bicyclic) bond motifs is 1. The number of carbonyl (C=O) groups is 3. The second kappa shape index (κ2) is 10.7. The van der Waals surface area contributed by atoms with Crippen molar-refractivity contribution in [2.45, 2.75) is 32.3 Å². The minimum Gasteiger partial charge on any atom is -0.508 e. The molecule has 184 valence electrons. The molecule has 9 nitrogen and oxygen atoms in total. The molecule has 0 saturated carbocycles. The van der Waals surface area contributed by atoms with Gasteiger partial charge in [-0.2, -0.15) is 4.90 Å². The van der Waals surface area contributed by atoms with Gasteiger partial charge in [-0.3, -0.25) is 9.59 Å². The molecule has 0 unspecified atom stereocenters. The van der Waals surface area contributed by atoms with Crippen molar-refractivity contribution in [1.29, 1.82) is 0 Å². The van der Waals surface area contributed by atoms with Crippen molar-refractivity contribution in [3.63, 3.8) is 0 Å². The molecule has 1 aliphatic carbocycles. The summed E-state index contributed by atoms with van der Waals surface area (Å²) in [4.78, 5) is 38.0. The summed E-state index contributed by atoms with van der Waals surface area (Å²) in [6, 6.07) is 4.61. The van der Waals surface area contributed by atoms with E-state index in [2.05, 4.69) is 4.74 Å². The summed E-state index contributed by atoms with van der Waals surface area (Å²) >= 11 is 6.14. The van der Waals surface area contributed by atoms with E-state index >= 15 is 0 Å². The molecule has 0 spiro atoms. The number of hydrogen-bond acceptors (Lipinski definition) is 8. The number of amides is 3. The normalized spacial score (nSPS) is 23.9. The Labute approximate surface area is 201 Å². The zero-order chi connectivity index (χ0) is 25.2. The van der Waals surface area contributed by atoms with Gasteiger partial charge in [-0.1, -0.05) is 23.3 Å². The maximum Gasteiger partial charge on any atom is 0.423 e. The monoisotopic (exact) mass is 493 g/mol. The van der Waals surface area contributed by atoms with E-state index in [9.17, 15) is 34.8 Å². The number of halogens is 1. The van der Waals surface area contributed by atoms with E-state index in [1.54, 1.807) is 6.07 Å². The lowest BCUT2D eigenvalue weighted by molar-refractivity contribution is -0.137. The Balaban J connectivity index is 1.82. The first-order chi connectivity index (χ1) is 16.1. The van der Waals surface area contributed by atoms with Gasteiger partial charge in [-0.15, -0.1) is 0 Å². The quantitative estimate of drug-likeness (QED) is 0.334. The van der Waals surface area contributed by atoms with Crippen LogP contribution in [-0.4, -0.2) is 69.7 Å². The maximum absolute atomic E-state index is 12.9. The molecular formula is C24H28ClNO8. The van der Waals surface area contributed by atoms with Crippen LogP contribution in [-0.2, 0) is 14.3 Å². The number of benzene rings is 1. The van der Waals surface area contributed by atoms with Crippen molar-refractivity contribution in [2.24, 2.45) is 17.8 Å². The van der Waals surface area contributed by atoms with Gasteiger partial charge in [0.15, 0.2) is 0 Å². The highest BCUT2D eigenvalue weighted by Crippen LogP contribution is 2.46. The third-order valence-corrected chi connectivity index (χ3v) is 6.81. The Kier molecular flexibility index (Phi) is 8.14. The molecule has 34 heavy (non-hydrogen) atoms. The van der Waals surface area contributed by atoms with Crippen LogP contribution in [0.4, 0.5) is 4.79 Å². The molecule has 1 saturated heterocycles. The van der Waals surface area contributed by atoms with Crippen LogP contribution in [0.25, 0.3) is 6.08 Å². The lowest BCUT2D eigenvalue weighted by Gasteiger charge is -2.36. The van der Waals surface area contributed by atoms with Crippen LogP contribution in [0.3, 0.4) is 0 Å². The first kappa shape index (κ1) is 25.9.